The van der Waals surface area contributed by atoms with Crippen molar-refractivity contribution in [1.82, 2.24) is 15.5 Å². The third kappa shape index (κ3) is 8.29. The van der Waals surface area contributed by atoms with E-state index in [2.05, 4.69) is 31.4 Å². The number of rotatable bonds is 9. The number of nitrogens with one attached hydrogen (secondary N) is 2. The third-order valence-corrected chi connectivity index (χ3v) is 10.5. The van der Waals surface area contributed by atoms with Crippen molar-refractivity contribution in [3.05, 3.63) is 0 Å². The number of likely N-dealkylation sites (tertiary alicyclic amines) is 1. The van der Waals surface area contributed by atoms with E-state index in [1.165, 1.54) is 6.42 Å². The van der Waals surface area contributed by atoms with E-state index >= 15 is 0 Å². The first-order chi connectivity index (χ1) is 20.6. The second-order valence-electron chi connectivity index (χ2n) is 17.4. The monoisotopic (exact) mass is 633 g/mol. The van der Waals surface area contributed by atoms with Crippen LogP contribution in [0.5, 0.6) is 0 Å². The summed E-state index contributed by atoms with van der Waals surface area (Å²) in [5, 5.41) is 5.98. The summed E-state index contributed by atoms with van der Waals surface area (Å²) in [6.07, 6.45) is 4.24. The maximum absolute atomic E-state index is 13.7. The summed E-state index contributed by atoms with van der Waals surface area (Å²) in [6.45, 7) is 24.3. The molecule has 0 unspecified atom stereocenters. The Labute approximate surface area is 271 Å². The van der Waals surface area contributed by atoms with Gasteiger partial charge in [-0.3, -0.25) is 4.79 Å². The molecule has 3 aliphatic carbocycles. The van der Waals surface area contributed by atoms with Crippen molar-refractivity contribution in [2.24, 2.45) is 29.1 Å². The number of hydrogen-bond acceptors (Lipinski definition) is 7. The SMILES string of the molecule is CC(C)C[C@H](NC(=O)OC(C)(C)C)C(=O)N[C@H]1CN(C(=O)OC(C)(C)C)[C@H](C)[C@@H]1CCCB1O[C@@H]2[C@@H]3C[C@H](C[C@]2(C)O1)C3(C)C. The van der Waals surface area contributed by atoms with E-state index in [0.717, 1.165) is 25.6 Å². The van der Waals surface area contributed by atoms with Gasteiger partial charge in [0.05, 0.1) is 17.7 Å². The highest BCUT2D eigenvalue weighted by atomic mass is 16.7. The molecule has 0 aromatic heterocycles. The second-order valence-corrected chi connectivity index (χ2v) is 17.4. The smallest absolute Gasteiger partial charge is 0.444 e. The van der Waals surface area contributed by atoms with Crippen molar-refractivity contribution in [3.8, 4) is 0 Å². The average molecular weight is 634 g/mol. The molecule has 2 aliphatic heterocycles. The quantitative estimate of drug-likeness (QED) is 0.292. The lowest BCUT2D eigenvalue weighted by Crippen LogP contribution is -2.63. The summed E-state index contributed by atoms with van der Waals surface area (Å²) in [7, 11) is -0.240. The molecule has 3 saturated carbocycles. The minimum atomic E-state index is -0.758. The molecule has 0 radical (unpaired) electrons. The summed E-state index contributed by atoms with van der Waals surface area (Å²) in [5.74, 6) is 1.12. The fourth-order valence-electron chi connectivity index (χ4n) is 8.11. The lowest BCUT2D eigenvalue weighted by atomic mass is 9.45. The topological polar surface area (TPSA) is 115 Å². The molecule has 0 aromatic rings. The van der Waals surface area contributed by atoms with Crippen LogP contribution in [0, 0.1) is 29.1 Å². The van der Waals surface area contributed by atoms with Gasteiger partial charge in [0, 0.05) is 18.5 Å². The van der Waals surface area contributed by atoms with E-state index in [1.54, 1.807) is 25.7 Å². The van der Waals surface area contributed by atoms with E-state index in [4.69, 9.17) is 18.8 Å². The average Bonchev–Trinajstić information content (AvgIpc) is 3.37. The normalized spacial score (nSPS) is 32.9. The largest absolute Gasteiger partial charge is 0.457 e. The molecular weight excluding hydrogens is 573 g/mol. The van der Waals surface area contributed by atoms with Crippen LogP contribution in [0.2, 0.25) is 6.32 Å². The number of carbonyl (C=O) groups is 3. The predicted octanol–water partition coefficient (Wildman–Crippen LogP) is 6.17. The predicted molar refractivity (Wildman–Crippen MR) is 175 cm³/mol. The zero-order valence-corrected chi connectivity index (χ0v) is 30.0. The summed E-state index contributed by atoms with van der Waals surface area (Å²) < 4.78 is 24.3. The van der Waals surface area contributed by atoms with Crippen molar-refractivity contribution >= 4 is 25.2 Å². The molecule has 5 aliphatic rings. The van der Waals surface area contributed by atoms with Gasteiger partial charge in [-0.2, -0.15) is 0 Å². The Hall–Kier alpha value is -2.01. The highest BCUT2D eigenvalue weighted by Crippen LogP contribution is 2.64. The van der Waals surface area contributed by atoms with Gasteiger partial charge in [0.2, 0.25) is 5.91 Å². The van der Waals surface area contributed by atoms with Crippen molar-refractivity contribution in [2.75, 3.05) is 6.54 Å². The molecule has 0 spiro atoms. The van der Waals surface area contributed by atoms with E-state index < -0.39 is 23.3 Å². The highest BCUT2D eigenvalue weighted by molar-refractivity contribution is 6.45. The van der Waals surface area contributed by atoms with Crippen LogP contribution in [0.25, 0.3) is 0 Å². The van der Waals surface area contributed by atoms with Crippen molar-refractivity contribution in [3.63, 3.8) is 0 Å². The maximum Gasteiger partial charge on any atom is 0.457 e. The molecule has 2 heterocycles. The fourth-order valence-corrected chi connectivity index (χ4v) is 8.11. The molecule has 2 saturated heterocycles. The number of carbonyl (C=O) groups excluding carboxylic acids is 3. The second kappa shape index (κ2) is 12.9. The minimum Gasteiger partial charge on any atom is -0.444 e. The standard InChI is InChI=1S/C34H60BN3O7/c1-20(2)16-25(37-29(40)42-31(4,5)6)28(39)36-26-19-38(30(41)43-32(7,8)9)21(3)23(26)14-13-15-35-44-27-24-17-22(33(24,10)11)18-34(27,12)45-35/h20-27H,13-19H2,1-12H3,(H,36,39)(H,37,40)/t21-,22-,23+,24+,25+,26+,27-,34+/m1/s1. The Morgan fingerprint density at radius 2 is 1.69 bits per heavy atom. The van der Waals surface area contributed by atoms with Gasteiger partial charge in [-0.1, -0.05) is 34.1 Å². The Balaban J connectivity index is 1.42. The minimum absolute atomic E-state index is 0.00583. The number of amides is 3. The van der Waals surface area contributed by atoms with Gasteiger partial charge in [-0.15, -0.1) is 0 Å². The van der Waals surface area contributed by atoms with Gasteiger partial charge in [-0.25, -0.2) is 9.59 Å². The first-order valence-electron chi connectivity index (χ1n) is 17.2. The zero-order chi connectivity index (χ0) is 33.7. The molecule has 5 fully saturated rings. The van der Waals surface area contributed by atoms with Gasteiger partial charge >= 0.3 is 19.3 Å². The molecule has 11 heteroatoms. The molecule has 45 heavy (non-hydrogen) atoms. The molecule has 10 nitrogen and oxygen atoms in total. The summed E-state index contributed by atoms with van der Waals surface area (Å²) in [6, 6.07) is -1.20. The van der Waals surface area contributed by atoms with Crippen LogP contribution in [0.4, 0.5) is 9.59 Å². The van der Waals surface area contributed by atoms with E-state index in [9.17, 15) is 14.4 Å². The lowest BCUT2D eigenvalue weighted by Gasteiger charge is -2.63. The Kier molecular flexibility index (Phi) is 10.3. The fraction of sp³-hybridized carbons (Fsp3) is 0.912. The zero-order valence-electron chi connectivity index (χ0n) is 30.0. The number of hydrogen-bond donors (Lipinski definition) is 2. The van der Waals surface area contributed by atoms with Gasteiger partial charge in [0.25, 0.3) is 0 Å². The van der Waals surface area contributed by atoms with Crippen LogP contribution < -0.4 is 10.6 Å². The Bertz CT molecular complexity index is 1100. The van der Waals surface area contributed by atoms with Crippen LogP contribution >= 0.6 is 0 Å². The van der Waals surface area contributed by atoms with Gasteiger partial charge in [0.1, 0.15) is 17.2 Å². The first-order valence-corrected chi connectivity index (χ1v) is 17.2. The van der Waals surface area contributed by atoms with Gasteiger partial charge in [-0.05, 0) is 111 Å². The van der Waals surface area contributed by atoms with E-state index in [1.807, 2.05) is 41.5 Å². The molecule has 5 rings (SSSR count). The highest BCUT2D eigenvalue weighted by Gasteiger charge is 2.66. The summed E-state index contributed by atoms with van der Waals surface area (Å²) in [5.41, 5.74) is -1.22. The van der Waals surface area contributed by atoms with Crippen molar-refractivity contribution < 1.29 is 33.2 Å². The Morgan fingerprint density at radius 1 is 1.04 bits per heavy atom. The number of nitrogens with zero attached hydrogens (tertiary/aromatic N) is 1. The summed E-state index contributed by atoms with van der Waals surface area (Å²) >= 11 is 0. The van der Waals surface area contributed by atoms with Crippen LogP contribution in [0.3, 0.4) is 0 Å². The molecule has 0 aromatic carbocycles. The number of ether oxygens (including phenoxy) is 2. The van der Waals surface area contributed by atoms with Crippen molar-refractivity contribution in [1.29, 1.82) is 0 Å². The summed E-state index contributed by atoms with van der Waals surface area (Å²) in [4.78, 5) is 41.3. The van der Waals surface area contributed by atoms with E-state index in [0.29, 0.717) is 30.2 Å². The van der Waals surface area contributed by atoms with Gasteiger partial charge in [0.15, 0.2) is 0 Å². The molecule has 3 amide bonds. The first kappa shape index (κ1) is 35.8. The van der Waals surface area contributed by atoms with Crippen LogP contribution in [0.15, 0.2) is 0 Å². The third-order valence-electron chi connectivity index (χ3n) is 10.5. The maximum atomic E-state index is 13.7. The molecule has 2 N–H and O–H groups in total. The van der Waals surface area contributed by atoms with Gasteiger partial charge < -0.3 is 34.3 Å². The van der Waals surface area contributed by atoms with Crippen LogP contribution in [0.1, 0.15) is 115 Å². The lowest BCUT2D eigenvalue weighted by molar-refractivity contribution is -0.185. The van der Waals surface area contributed by atoms with E-state index in [-0.39, 0.29) is 54.7 Å². The molecule has 2 bridgehead atoms. The van der Waals surface area contributed by atoms with Crippen LogP contribution in [-0.4, -0.2) is 77.7 Å². The molecule has 256 valence electrons. The van der Waals surface area contributed by atoms with Crippen molar-refractivity contribution in [2.45, 2.75) is 163 Å². The Morgan fingerprint density at radius 3 is 2.27 bits per heavy atom. The van der Waals surface area contributed by atoms with Crippen LogP contribution in [-0.2, 0) is 23.6 Å². The molecule has 8 atom stereocenters. The molecular formula is C34H60BN3O7. The number of alkyl carbamates (subject to hydrolysis) is 1.